The summed E-state index contributed by atoms with van der Waals surface area (Å²) in [6, 6.07) is 29.0. The Hall–Kier alpha value is -3.70. The summed E-state index contributed by atoms with van der Waals surface area (Å²) in [4.78, 5) is 29.5. The molecule has 0 saturated carbocycles. The van der Waals surface area contributed by atoms with Gasteiger partial charge < -0.3 is 10.2 Å². The molecule has 2 amide bonds. The molecule has 0 bridgehead atoms. The van der Waals surface area contributed by atoms with Gasteiger partial charge in [-0.3, -0.25) is 14.5 Å². The number of carbonyl (C=O) groups is 2. The molecule has 0 spiro atoms. The number of rotatable bonds is 6. The fraction of sp³-hybridized carbons (Fsp3) is 0.241. The van der Waals surface area contributed by atoms with E-state index in [1.54, 1.807) is 6.08 Å². The molecule has 0 atom stereocenters. The highest BCUT2D eigenvalue weighted by Gasteiger charge is 2.29. The first kappa shape index (κ1) is 23.5. The average molecular weight is 454 g/mol. The van der Waals surface area contributed by atoms with Crippen LogP contribution in [0.15, 0.2) is 90.6 Å². The number of carbonyl (C=O) groups excluding carboxylic acids is 2. The Morgan fingerprint density at radius 1 is 0.794 bits per heavy atom. The van der Waals surface area contributed by atoms with Crippen LogP contribution in [0.3, 0.4) is 0 Å². The van der Waals surface area contributed by atoms with Crippen LogP contribution in [0, 0.1) is 6.92 Å². The molecule has 5 heteroatoms. The Bertz CT molecular complexity index is 1110. The van der Waals surface area contributed by atoms with Gasteiger partial charge in [-0.15, -0.1) is 0 Å². The van der Waals surface area contributed by atoms with Crippen LogP contribution in [0.1, 0.15) is 35.2 Å². The SMILES string of the molecule is CC(=O)NC(=Cc1ccccc1C)C(=O)N1CCN(C(c2ccccc2)c2ccccc2)CC1. The number of hydrogen-bond donors (Lipinski definition) is 1. The molecular weight excluding hydrogens is 422 g/mol. The topological polar surface area (TPSA) is 52.7 Å². The van der Waals surface area contributed by atoms with Crippen molar-refractivity contribution in [2.45, 2.75) is 19.9 Å². The van der Waals surface area contributed by atoms with E-state index in [-0.39, 0.29) is 17.9 Å². The lowest BCUT2D eigenvalue weighted by Gasteiger charge is -2.40. The normalized spacial score (nSPS) is 14.8. The first-order valence-electron chi connectivity index (χ1n) is 11.7. The summed E-state index contributed by atoms with van der Waals surface area (Å²) < 4.78 is 0. The van der Waals surface area contributed by atoms with Crippen LogP contribution in [0.25, 0.3) is 6.08 Å². The van der Waals surface area contributed by atoms with E-state index in [4.69, 9.17) is 0 Å². The molecule has 0 aromatic heterocycles. The summed E-state index contributed by atoms with van der Waals surface area (Å²) in [5.74, 6) is -0.394. The molecule has 0 unspecified atom stereocenters. The van der Waals surface area contributed by atoms with E-state index >= 15 is 0 Å². The predicted molar refractivity (Wildman–Crippen MR) is 136 cm³/mol. The molecule has 3 aromatic rings. The summed E-state index contributed by atoms with van der Waals surface area (Å²) in [7, 11) is 0. The van der Waals surface area contributed by atoms with E-state index in [2.05, 4.69) is 58.7 Å². The average Bonchev–Trinajstić information content (AvgIpc) is 2.86. The molecule has 1 aliphatic rings. The lowest BCUT2D eigenvalue weighted by molar-refractivity contribution is -0.131. The molecule has 34 heavy (non-hydrogen) atoms. The van der Waals surface area contributed by atoms with Crippen molar-refractivity contribution in [1.29, 1.82) is 0 Å². The zero-order valence-electron chi connectivity index (χ0n) is 19.8. The van der Waals surface area contributed by atoms with Crippen molar-refractivity contribution >= 4 is 17.9 Å². The smallest absolute Gasteiger partial charge is 0.270 e. The molecule has 0 radical (unpaired) electrons. The van der Waals surface area contributed by atoms with Gasteiger partial charge in [0.2, 0.25) is 5.91 Å². The summed E-state index contributed by atoms with van der Waals surface area (Å²) in [6.07, 6.45) is 1.78. The van der Waals surface area contributed by atoms with Crippen molar-refractivity contribution in [3.8, 4) is 0 Å². The summed E-state index contributed by atoms with van der Waals surface area (Å²) in [5, 5.41) is 2.76. The van der Waals surface area contributed by atoms with Gasteiger partial charge in [-0.25, -0.2) is 0 Å². The number of piperazine rings is 1. The van der Waals surface area contributed by atoms with Crippen molar-refractivity contribution < 1.29 is 9.59 Å². The third-order valence-corrected chi connectivity index (χ3v) is 6.23. The molecule has 1 heterocycles. The highest BCUT2D eigenvalue weighted by atomic mass is 16.2. The summed E-state index contributed by atoms with van der Waals surface area (Å²) in [5.41, 5.74) is 4.78. The van der Waals surface area contributed by atoms with Crippen LogP contribution < -0.4 is 5.32 Å². The molecule has 1 N–H and O–H groups in total. The largest absolute Gasteiger partial charge is 0.335 e. The Morgan fingerprint density at radius 2 is 1.32 bits per heavy atom. The molecule has 1 fully saturated rings. The minimum absolute atomic E-state index is 0.136. The van der Waals surface area contributed by atoms with E-state index in [9.17, 15) is 9.59 Å². The highest BCUT2D eigenvalue weighted by Crippen LogP contribution is 2.29. The van der Waals surface area contributed by atoms with Gasteiger partial charge in [-0.05, 0) is 35.3 Å². The van der Waals surface area contributed by atoms with E-state index in [0.717, 1.165) is 24.2 Å². The molecule has 174 valence electrons. The lowest BCUT2D eigenvalue weighted by Crippen LogP contribution is -2.51. The van der Waals surface area contributed by atoms with Crippen molar-refractivity contribution in [2.75, 3.05) is 26.2 Å². The second kappa shape index (κ2) is 10.9. The van der Waals surface area contributed by atoms with Crippen LogP contribution in [-0.2, 0) is 9.59 Å². The minimum Gasteiger partial charge on any atom is -0.335 e. The molecule has 4 rings (SSSR count). The van der Waals surface area contributed by atoms with Gasteiger partial charge in [0.05, 0.1) is 6.04 Å². The maximum absolute atomic E-state index is 13.4. The number of aryl methyl sites for hydroxylation is 1. The van der Waals surface area contributed by atoms with Crippen LogP contribution in [-0.4, -0.2) is 47.8 Å². The number of nitrogens with one attached hydrogen (secondary N) is 1. The number of nitrogens with zero attached hydrogens (tertiary/aromatic N) is 2. The van der Waals surface area contributed by atoms with Crippen molar-refractivity contribution in [3.63, 3.8) is 0 Å². The van der Waals surface area contributed by atoms with Gasteiger partial charge in [-0.1, -0.05) is 84.9 Å². The van der Waals surface area contributed by atoms with Crippen LogP contribution >= 0.6 is 0 Å². The Balaban J connectivity index is 1.52. The third-order valence-electron chi connectivity index (χ3n) is 6.23. The third kappa shape index (κ3) is 5.61. The lowest BCUT2D eigenvalue weighted by atomic mass is 9.96. The van der Waals surface area contributed by atoms with Gasteiger partial charge >= 0.3 is 0 Å². The van der Waals surface area contributed by atoms with Crippen LogP contribution in [0.4, 0.5) is 0 Å². The van der Waals surface area contributed by atoms with E-state index in [1.807, 2.05) is 48.2 Å². The van der Waals surface area contributed by atoms with Crippen LogP contribution in [0.5, 0.6) is 0 Å². The second-order valence-electron chi connectivity index (χ2n) is 8.65. The maximum Gasteiger partial charge on any atom is 0.270 e. The highest BCUT2D eigenvalue weighted by molar-refractivity contribution is 6.01. The van der Waals surface area contributed by atoms with E-state index in [1.165, 1.54) is 18.1 Å². The second-order valence-corrected chi connectivity index (χ2v) is 8.65. The van der Waals surface area contributed by atoms with E-state index in [0.29, 0.717) is 18.8 Å². The van der Waals surface area contributed by atoms with Gasteiger partial charge in [0.25, 0.3) is 5.91 Å². The quantitative estimate of drug-likeness (QED) is 0.563. The van der Waals surface area contributed by atoms with Crippen molar-refractivity contribution in [1.82, 2.24) is 15.1 Å². The standard InChI is InChI=1S/C29H31N3O2/c1-22-11-9-10-16-26(22)21-27(30-23(2)33)29(34)32-19-17-31(18-20-32)28(24-12-5-3-6-13-24)25-14-7-4-8-15-25/h3-16,21,28H,17-20H2,1-2H3,(H,30,33). The first-order chi connectivity index (χ1) is 16.5. The number of benzene rings is 3. The molecule has 1 saturated heterocycles. The van der Waals surface area contributed by atoms with Gasteiger partial charge in [0.1, 0.15) is 5.70 Å². The molecule has 5 nitrogen and oxygen atoms in total. The van der Waals surface area contributed by atoms with Crippen molar-refractivity contribution in [3.05, 3.63) is 113 Å². The first-order valence-corrected chi connectivity index (χ1v) is 11.7. The zero-order chi connectivity index (χ0) is 23.9. The number of amides is 2. The fourth-order valence-electron chi connectivity index (χ4n) is 4.48. The van der Waals surface area contributed by atoms with Gasteiger partial charge in [0, 0.05) is 33.1 Å². The molecule has 3 aromatic carbocycles. The van der Waals surface area contributed by atoms with Gasteiger partial charge in [0.15, 0.2) is 0 Å². The molecular formula is C29H31N3O2. The molecule has 1 aliphatic heterocycles. The van der Waals surface area contributed by atoms with Crippen molar-refractivity contribution in [2.24, 2.45) is 0 Å². The Morgan fingerprint density at radius 3 is 1.85 bits per heavy atom. The zero-order valence-corrected chi connectivity index (χ0v) is 19.8. The summed E-state index contributed by atoms with van der Waals surface area (Å²) >= 11 is 0. The summed E-state index contributed by atoms with van der Waals surface area (Å²) in [6.45, 7) is 6.12. The monoisotopic (exact) mass is 453 g/mol. The Labute approximate surface area is 201 Å². The fourth-order valence-corrected chi connectivity index (χ4v) is 4.48. The van der Waals surface area contributed by atoms with E-state index < -0.39 is 0 Å². The Kier molecular flexibility index (Phi) is 7.55. The maximum atomic E-state index is 13.4. The van der Waals surface area contributed by atoms with Gasteiger partial charge in [-0.2, -0.15) is 0 Å². The molecule has 0 aliphatic carbocycles. The van der Waals surface area contributed by atoms with Crippen LogP contribution in [0.2, 0.25) is 0 Å². The minimum atomic E-state index is -0.250. The predicted octanol–water partition coefficient (Wildman–Crippen LogP) is 4.41. The number of hydrogen-bond acceptors (Lipinski definition) is 3.